The van der Waals surface area contributed by atoms with Gasteiger partial charge in [0.05, 0.1) is 22.6 Å². The summed E-state index contributed by atoms with van der Waals surface area (Å²) in [6.45, 7) is 5.79. The molecule has 2 heterocycles. The van der Waals surface area contributed by atoms with Crippen LogP contribution < -0.4 is 0 Å². The highest BCUT2D eigenvalue weighted by molar-refractivity contribution is 5.96. The number of hydrogen-bond donors (Lipinski definition) is 0. The highest BCUT2D eigenvalue weighted by Gasteiger charge is 2.27. The van der Waals surface area contributed by atoms with Crippen molar-refractivity contribution in [2.24, 2.45) is 0 Å². The lowest BCUT2D eigenvalue weighted by atomic mass is 10.0. The molecule has 1 amide bonds. The van der Waals surface area contributed by atoms with Gasteiger partial charge in [0.1, 0.15) is 5.82 Å². The van der Waals surface area contributed by atoms with Crippen LogP contribution in [0.4, 0.5) is 4.39 Å². The Morgan fingerprint density at radius 1 is 1.12 bits per heavy atom. The van der Waals surface area contributed by atoms with Crippen LogP contribution >= 0.6 is 0 Å². The first-order valence-corrected chi connectivity index (χ1v) is 9.31. The zero-order valence-electron chi connectivity index (χ0n) is 15.1. The van der Waals surface area contributed by atoms with E-state index in [0.717, 1.165) is 61.4 Å². The van der Waals surface area contributed by atoms with E-state index in [0.29, 0.717) is 6.42 Å². The Labute approximate surface area is 148 Å². The number of amides is 1. The molecule has 1 fully saturated rings. The molecule has 0 aliphatic carbocycles. The number of benzene rings is 1. The molecule has 0 N–H and O–H groups in total. The molecule has 1 saturated heterocycles. The maximum absolute atomic E-state index is 13.3. The van der Waals surface area contributed by atoms with E-state index in [4.69, 9.17) is 5.10 Å². The second-order valence-corrected chi connectivity index (χ2v) is 6.61. The number of rotatable bonds is 5. The van der Waals surface area contributed by atoms with Crippen LogP contribution in [-0.4, -0.2) is 33.7 Å². The summed E-state index contributed by atoms with van der Waals surface area (Å²) in [6.07, 6.45) is 5.76. The predicted molar refractivity (Wildman–Crippen MR) is 96.6 cm³/mol. The summed E-state index contributed by atoms with van der Waals surface area (Å²) in [5.41, 5.74) is 3.34. The predicted octanol–water partition coefficient (Wildman–Crippen LogP) is 4.15. The van der Waals surface area contributed by atoms with Gasteiger partial charge in [0.2, 0.25) is 0 Å². The molecule has 0 spiro atoms. The Bertz CT molecular complexity index is 730. The maximum Gasteiger partial charge on any atom is 0.257 e. The van der Waals surface area contributed by atoms with E-state index >= 15 is 0 Å². The van der Waals surface area contributed by atoms with Gasteiger partial charge in [-0.2, -0.15) is 5.10 Å². The number of hydrogen-bond acceptors (Lipinski definition) is 2. The largest absolute Gasteiger partial charge is 0.339 e. The van der Waals surface area contributed by atoms with E-state index in [1.165, 1.54) is 18.6 Å². The Kier molecular flexibility index (Phi) is 5.51. The van der Waals surface area contributed by atoms with Gasteiger partial charge in [-0.05, 0) is 56.4 Å². The Morgan fingerprint density at radius 2 is 1.80 bits per heavy atom. The van der Waals surface area contributed by atoms with Crippen LogP contribution in [0.2, 0.25) is 0 Å². The van der Waals surface area contributed by atoms with Crippen LogP contribution in [0.15, 0.2) is 24.3 Å². The highest BCUT2D eigenvalue weighted by Crippen LogP contribution is 2.24. The van der Waals surface area contributed by atoms with Crippen LogP contribution in [-0.2, 0) is 12.8 Å². The van der Waals surface area contributed by atoms with Crippen molar-refractivity contribution in [2.45, 2.75) is 52.4 Å². The van der Waals surface area contributed by atoms with Crippen LogP contribution in [0, 0.1) is 5.82 Å². The van der Waals surface area contributed by atoms with E-state index in [1.54, 1.807) is 12.1 Å². The molecule has 0 bridgehead atoms. The normalized spacial score (nSPS) is 14.8. The smallest absolute Gasteiger partial charge is 0.257 e. The zero-order chi connectivity index (χ0) is 17.8. The number of halogens is 1. The van der Waals surface area contributed by atoms with Crippen molar-refractivity contribution in [1.29, 1.82) is 0 Å². The molecule has 5 heteroatoms. The zero-order valence-corrected chi connectivity index (χ0v) is 15.1. The van der Waals surface area contributed by atoms with Crippen molar-refractivity contribution in [3.63, 3.8) is 0 Å². The second-order valence-electron chi connectivity index (χ2n) is 6.61. The topological polar surface area (TPSA) is 38.1 Å². The third-order valence-electron chi connectivity index (χ3n) is 4.80. The van der Waals surface area contributed by atoms with Crippen molar-refractivity contribution in [3.05, 3.63) is 47.0 Å². The molecule has 1 aromatic heterocycles. The molecule has 1 aromatic carbocycles. The lowest BCUT2D eigenvalue weighted by Crippen LogP contribution is -2.36. The number of aryl methyl sites for hydroxylation is 1. The van der Waals surface area contributed by atoms with Crippen molar-refractivity contribution < 1.29 is 9.18 Å². The number of likely N-dealkylation sites (tertiary alicyclic amines) is 1. The van der Waals surface area contributed by atoms with Gasteiger partial charge in [-0.25, -0.2) is 9.07 Å². The first-order chi connectivity index (χ1) is 12.2. The lowest BCUT2D eigenvalue weighted by molar-refractivity contribution is 0.0722. The fourth-order valence-electron chi connectivity index (χ4n) is 3.54. The summed E-state index contributed by atoms with van der Waals surface area (Å²) < 4.78 is 15.1. The second kappa shape index (κ2) is 7.81. The van der Waals surface area contributed by atoms with Gasteiger partial charge in [0, 0.05) is 13.1 Å². The van der Waals surface area contributed by atoms with Gasteiger partial charge in [-0.3, -0.25) is 4.79 Å². The molecule has 0 saturated carbocycles. The van der Waals surface area contributed by atoms with Gasteiger partial charge in [-0.1, -0.05) is 20.3 Å². The SMILES string of the molecule is CCCc1nn(-c2ccc(F)cc2)c(CC)c1C(=O)N1CCCCC1. The Morgan fingerprint density at radius 3 is 2.40 bits per heavy atom. The van der Waals surface area contributed by atoms with Crippen molar-refractivity contribution in [2.75, 3.05) is 13.1 Å². The molecular weight excluding hydrogens is 317 g/mol. The van der Waals surface area contributed by atoms with Crippen LogP contribution in [0.1, 0.15) is 61.3 Å². The molecule has 0 unspecified atom stereocenters. The molecule has 1 aliphatic rings. The summed E-state index contributed by atoms with van der Waals surface area (Å²) in [5.74, 6) is -0.166. The molecule has 4 nitrogen and oxygen atoms in total. The molecule has 134 valence electrons. The van der Waals surface area contributed by atoms with Gasteiger partial charge >= 0.3 is 0 Å². The average molecular weight is 343 g/mol. The number of carbonyl (C=O) groups excluding carboxylic acids is 1. The van der Waals surface area contributed by atoms with Crippen molar-refractivity contribution >= 4 is 5.91 Å². The molecule has 0 radical (unpaired) electrons. The summed E-state index contributed by atoms with van der Waals surface area (Å²) in [6, 6.07) is 6.29. The van der Waals surface area contributed by atoms with E-state index in [1.807, 2.05) is 16.5 Å². The number of nitrogens with zero attached hydrogens (tertiary/aromatic N) is 3. The van der Waals surface area contributed by atoms with Crippen molar-refractivity contribution in [1.82, 2.24) is 14.7 Å². The molecular formula is C20H26FN3O. The minimum atomic E-state index is -0.271. The number of piperidine rings is 1. The summed E-state index contributed by atoms with van der Waals surface area (Å²) in [7, 11) is 0. The van der Waals surface area contributed by atoms with E-state index in [2.05, 4.69) is 6.92 Å². The first kappa shape index (κ1) is 17.6. The molecule has 0 atom stereocenters. The third kappa shape index (κ3) is 3.60. The van der Waals surface area contributed by atoms with Crippen LogP contribution in [0.25, 0.3) is 5.69 Å². The van der Waals surface area contributed by atoms with Crippen LogP contribution in [0.5, 0.6) is 0 Å². The highest BCUT2D eigenvalue weighted by atomic mass is 19.1. The minimum absolute atomic E-state index is 0.105. The molecule has 25 heavy (non-hydrogen) atoms. The minimum Gasteiger partial charge on any atom is -0.339 e. The third-order valence-corrected chi connectivity index (χ3v) is 4.80. The first-order valence-electron chi connectivity index (χ1n) is 9.31. The average Bonchev–Trinajstić information content (AvgIpc) is 3.01. The monoisotopic (exact) mass is 343 g/mol. The van der Waals surface area contributed by atoms with Gasteiger partial charge in [0.25, 0.3) is 5.91 Å². The van der Waals surface area contributed by atoms with E-state index in [-0.39, 0.29) is 11.7 Å². The lowest BCUT2D eigenvalue weighted by Gasteiger charge is -2.27. The van der Waals surface area contributed by atoms with E-state index in [9.17, 15) is 9.18 Å². The standard InChI is InChI=1S/C20H26FN3O/c1-3-8-17-19(20(25)23-13-6-5-7-14-23)18(4-2)24(22-17)16-11-9-15(21)10-12-16/h9-12H,3-8,13-14H2,1-2H3. The van der Waals surface area contributed by atoms with Crippen molar-refractivity contribution in [3.8, 4) is 5.69 Å². The van der Waals surface area contributed by atoms with Gasteiger partial charge in [0.15, 0.2) is 0 Å². The summed E-state index contributed by atoms with van der Waals surface area (Å²) in [4.78, 5) is 15.2. The fourth-order valence-corrected chi connectivity index (χ4v) is 3.54. The maximum atomic E-state index is 13.3. The van der Waals surface area contributed by atoms with Gasteiger partial charge in [-0.15, -0.1) is 0 Å². The summed E-state index contributed by atoms with van der Waals surface area (Å²) in [5, 5.41) is 4.73. The number of carbonyl (C=O) groups is 1. The fraction of sp³-hybridized carbons (Fsp3) is 0.500. The summed E-state index contributed by atoms with van der Waals surface area (Å²) >= 11 is 0. The molecule has 2 aromatic rings. The molecule has 1 aliphatic heterocycles. The molecule has 3 rings (SSSR count). The van der Waals surface area contributed by atoms with Crippen LogP contribution in [0.3, 0.4) is 0 Å². The van der Waals surface area contributed by atoms with Gasteiger partial charge < -0.3 is 4.90 Å². The van der Waals surface area contributed by atoms with E-state index < -0.39 is 0 Å². The Hall–Kier alpha value is -2.17. The Balaban J connectivity index is 2.05. The number of aromatic nitrogens is 2. The quantitative estimate of drug-likeness (QED) is 0.818.